The van der Waals surface area contributed by atoms with Crippen LogP contribution in [0.1, 0.15) is 22.8 Å². The fourth-order valence-corrected chi connectivity index (χ4v) is 4.67. The number of nitrogens with zero attached hydrogens (tertiary/aromatic N) is 7. The SMILES string of the molecule is CCOc1cccc(Cn2ncc3c(N4CCN(C(=O)c5ccc(OCCN(C)C)cc5)CC4)ncnc32)c1. The zero-order valence-electron chi connectivity index (χ0n) is 22.8. The fourth-order valence-electron chi connectivity index (χ4n) is 4.67. The molecule has 10 heteroatoms. The summed E-state index contributed by atoms with van der Waals surface area (Å²) in [5.74, 6) is 2.50. The van der Waals surface area contributed by atoms with E-state index in [1.807, 2.05) is 79.3 Å². The summed E-state index contributed by atoms with van der Waals surface area (Å²) in [5.41, 5.74) is 2.54. The average molecular weight is 530 g/mol. The van der Waals surface area contributed by atoms with Gasteiger partial charge in [-0.15, -0.1) is 0 Å². The Bertz CT molecular complexity index is 1400. The van der Waals surface area contributed by atoms with E-state index in [0.29, 0.717) is 51.5 Å². The van der Waals surface area contributed by atoms with Crippen LogP contribution in [0.2, 0.25) is 0 Å². The number of anilines is 1. The topological polar surface area (TPSA) is 88.9 Å². The molecule has 0 atom stereocenters. The normalized spacial score (nSPS) is 13.7. The number of piperazine rings is 1. The van der Waals surface area contributed by atoms with Gasteiger partial charge in [0.1, 0.15) is 30.3 Å². The maximum absolute atomic E-state index is 13.1. The number of carbonyl (C=O) groups is 1. The third kappa shape index (κ3) is 6.28. The Labute approximate surface area is 228 Å². The second-order valence-electron chi connectivity index (χ2n) is 9.77. The molecular weight excluding hydrogens is 494 g/mol. The molecule has 1 saturated heterocycles. The van der Waals surface area contributed by atoms with Crippen molar-refractivity contribution < 1.29 is 14.3 Å². The molecule has 0 bridgehead atoms. The lowest BCUT2D eigenvalue weighted by molar-refractivity contribution is 0.0746. The van der Waals surface area contributed by atoms with Crippen LogP contribution >= 0.6 is 0 Å². The monoisotopic (exact) mass is 529 g/mol. The molecule has 0 radical (unpaired) electrons. The van der Waals surface area contributed by atoms with E-state index in [9.17, 15) is 4.79 Å². The highest BCUT2D eigenvalue weighted by Crippen LogP contribution is 2.25. The molecule has 0 saturated carbocycles. The van der Waals surface area contributed by atoms with Crippen molar-refractivity contribution in [1.29, 1.82) is 0 Å². The second-order valence-corrected chi connectivity index (χ2v) is 9.77. The summed E-state index contributed by atoms with van der Waals surface area (Å²) in [5, 5.41) is 5.51. The first-order valence-corrected chi connectivity index (χ1v) is 13.3. The number of benzene rings is 2. The first kappa shape index (κ1) is 26.4. The molecule has 5 rings (SSSR count). The van der Waals surface area contributed by atoms with Crippen molar-refractivity contribution >= 4 is 22.8 Å². The summed E-state index contributed by atoms with van der Waals surface area (Å²) in [6.45, 7) is 7.24. The predicted octanol–water partition coefficient (Wildman–Crippen LogP) is 3.18. The molecule has 4 aromatic rings. The van der Waals surface area contributed by atoms with Gasteiger partial charge < -0.3 is 24.2 Å². The van der Waals surface area contributed by atoms with E-state index in [2.05, 4.69) is 30.9 Å². The molecule has 1 amide bonds. The van der Waals surface area contributed by atoms with Gasteiger partial charge in [-0.1, -0.05) is 12.1 Å². The van der Waals surface area contributed by atoms with Crippen LogP contribution in [0.25, 0.3) is 11.0 Å². The van der Waals surface area contributed by atoms with Gasteiger partial charge in [0, 0.05) is 38.3 Å². The summed E-state index contributed by atoms with van der Waals surface area (Å²) >= 11 is 0. The zero-order valence-corrected chi connectivity index (χ0v) is 22.8. The lowest BCUT2D eigenvalue weighted by Gasteiger charge is -2.35. The molecule has 1 fully saturated rings. The van der Waals surface area contributed by atoms with Crippen LogP contribution in [0, 0.1) is 0 Å². The number of carbonyl (C=O) groups excluding carboxylic acids is 1. The van der Waals surface area contributed by atoms with Gasteiger partial charge >= 0.3 is 0 Å². The first-order chi connectivity index (χ1) is 19.0. The Kier molecular flexibility index (Phi) is 8.21. The number of fused-ring (bicyclic) bond motifs is 1. The number of aromatic nitrogens is 4. The lowest BCUT2D eigenvalue weighted by atomic mass is 10.1. The number of hydrogen-bond acceptors (Lipinski definition) is 8. The van der Waals surface area contributed by atoms with Gasteiger partial charge in [0.2, 0.25) is 0 Å². The van der Waals surface area contributed by atoms with Crippen molar-refractivity contribution in [1.82, 2.24) is 29.5 Å². The van der Waals surface area contributed by atoms with Crippen molar-refractivity contribution in [3.8, 4) is 11.5 Å². The van der Waals surface area contributed by atoms with Crippen molar-refractivity contribution in [2.45, 2.75) is 13.5 Å². The summed E-state index contributed by atoms with van der Waals surface area (Å²) in [7, 11) is 4.02. The Balaban J connectivity index is 1.21. The van der Waals surface area contributed by atoms with E-state index in [1.54, 1.807) is 6.33 Å². The number of likely N-dealkylation sites (N-methyl/N-ethyl adjacent to an activating group) is 1. The van der Waals surface area contributed by atoms with E-state index in [1.165, 1.54) is 0 Å². The Morgan fingerprint density at radius 2 is 1.77 bits per heavy atom. The van der Waals surface area contributed by atoms with Crippen LogP contribution in [0.5, 0.6) is 11.5 Å². The highest BCUT2D eigenvalue weighted by Gasteiger charge is 2.25. The van der Waals surface area contributed by atoms with E-state index in [-0.39, 0.29) is 5.91 Å². The summed E-state index contributed by atoms with van der Waals surface area (Å²) in [6, 6.07) is 15.4. The summed E-state index contributed by atoms with van der Waals surface area (Å²) in [6.07, 6.45) is 3.42. The number of hydrogen-bond donors (Lipinski definition) is 0. The van der Waals surface area contributed by atoms with Gasteiger partial charge in [-0.05, 0) is 63.0 Å². The fraction of sp³-hybridized carbons (Fsp3) is 0.379. The highest BCUT2D eigenvalue weighted by molar-refractivity contribution is 5.94. The molecular formula is C29H35N7O3. The zero-order chi connectivity index (χ0) is 27.2. The molecule has 10 nitrogen and oxygen atoms in total. The Morgan fingerprint density at radius 1 is 0.974 bits per heavy atom. The molecule has 2 aromatic carbocycles. The minimum absolute atomic E-state index is 0.0319. The van der Waals surface area contributed by atoms with Crippen LogP contribution in [-0.4, -0.2) is 95.5 Å². The number of amides is 1. The van der Waals surface area contributed by atoms with Gasteiger partial charge in [0.25, 0.3) is 5.91 Å². The van der Waals surface area contributed by atoms with Crippen molar-refractivity contribution in [3.05, 3.63) is 72.2 Å². The largest absolute Gasteiger partial charge is 0.494 e. The molecule has 1 aliphatic rings. The molecule has 39 heavy (non-hydrogen) atoms. The molecule has 0 N–H and O–H groups in total. The van der Waals surface area contributed by atoms with Crippen molar-refractivity contribution in [2.24, 2.45) is 0 Å². The van der Waals surface area contributed by atoms with Gasteiger partial charge in [-0.2, -0.15) is 5.10 Å². The van der Waals surface area contributed by atoms with Crippen LogP contribution in [-0.2, 0) is 6.54 Å². The minimum Gasteiger partial charge on any atom is -0.494 e. The highest BCUT2D eigenvalue weighted by atomic mass is 16.5. The van der Waals surface area contributed by atoms with E-state index >= 15 is 0 Å². The smallest absolute Gasteiger partial charge is 0.253 e. The molecule has 0 aliphatic carbocycles. The standard InChI is InChI=1S/C29H35N7O3/c1-4-38-25-7-5-6-22(18-25)20-36-28-26(19-32-36)27(30-21-31-28)34-12-14-35(15-13-34)29(37)23-8-10-24(11-9-23)39-17-16-33(2)3/h5-11,18-19,21H,4,12-17,20H2,1-3H3. The molecule has 1 aliphatic heterocycles. The second kappa shape index (κ2) is 12.1. The van der Waals surface area contributed by atoms with Gasteiger partial charge in [0.05, 0.1) is 24.7 Å². The van der Waals surface area contributed by atoms with Crippen LogP contribution < -0.4 is 14.4 Å². The summed E-state index contributed by atoms with van der Waals surface area (Å²) in [4.78, 5) is 28.4. The molecule has 3 heterocycles. The van der Waals surface area contributed by atoms with Crippen LogP contribution in [0.4, 0.5) is 5.82 Å². The first-order valence-electron chi connectivity index (χ1n) is 13.3. The van der Waals surface area contributed by atoms with Gasteiger partial charge in [-0.25, -0.2) is 14.6 Å². The summed E-state index contributed by atoms with van der Waals surface area (Å²) < 4.78 is 13.3. The van der Waals surface area contributed by atoms with Crippen molar-refractivity contribution in [2.75, 3.05) is 64.9 Å². The van der Waals surface area contributed by atoms with Gasteiger partial charge in [-0.3, -0.25) is 4.79 Å². The van der Waals surface area contributed by atoms with E-state index in [4.69, 9.17) is 9.47 Å². The lowest BCUT2D eigenvalue weighted by Crippen LogP contribution is -2.49. The maximum Gasteiger partial charge on any atom is 0.253 e. The predicted molar refractivity (Wildman–Crippen MR) is 151 cm³/mol. The third-order valence-electron chi connectivity index (χ3n) is 6.73. The van der Waals surface area contributed by atoms with Gasteiger partial charge in [0.15, 0.2) is 5.65 Å². The third-order valence-corrected chi connectivity index (χ3v) is 6.73. The molecule has 2 aromatic heterocycles. The average Bonchev–Trinajstić information content (AvgIpc) is 3.36. The Morgan fingerprint density at radius 3 is 2.51 bits per heavy atom. The maximum atomic E-state index is 13.1. The Hall–Kier alpha value is -4.18. The molecule has 0 spiro atoms. The quantitative estimate of drug-likeness (QED) is 0.310. The minimum atomic E-state index is 0.0319. The molecule has 204 valence electrons. The van der Waals surface area contributed by atoms with E-state index in [0.717, 1.165) is 40.5 Å². The number of rotatable bonds is 10. The number of ether oxygens (including phenoxy) is 2. The van der Waals surface area contributed by atoms with E-state index < -0.39 is 0 Å². The van der Waals surface area contributed by atoms with Crippen molar-refractivity contribution in [3.63, 3.8) is 0 Å². The molecule has 0 unspecified atom stereocenters. The van der Waals surface area contributed by atoms with Crippen LogP contribution in [0.3, 0.4) is 0 Å². The van der Waals surface area contributed by atoms with Crippen LogP contribution in [0.15, 0.2) is 61.1 Å².